The molecule has 20 heavy (non-hydrogen) atoms. The number of hydrogen-bond acceptors (Lipinski definition) is 4. The van der Waals surface area contributed by atoms with E-state index in [1.807, 2.05) is 6.07 Å². The molecule has 0 aliphatic heterocycles. The number of ether oxygens (including phenoxy) is 1. The van der Waals surface area contributed by atoms with E-state index in [0.717, 1.165) is 12.8 Å². The number of methoxy groups -OCH3 is 1. The lowest BCUT2D eigenvalue weighted by Crippen LogP contribution is -2.36. The standard InChI is InChI=1S/C15H20N2O3/c1-20-15(19)12-8-4-5-9-13(12)16-10-14(18)17-11-6-2-3-7-11/h4-5,8-9,11,16H,2-3,6-7,10H2,1H3,(H,17,18). The second-order valence-corrected chi connectivity index (χ2v) is 4.94. The third-order valence-electron chi connectivity index (χ3n) is 3.49. The highest BCUT2D eigenvalue weighted by atomic mass is 16.5. The maximum Gasteiger partial charge on any atom is 0.339 e. The molecule has 0 unspecified atom stereocenters. The second-order valence-electron chi connectivity index (χ2n) is 4.94. The van der Waals surface area contributed by atoms with Gasteiger partial charge in [-0.15, -0.1) is 0 Å². The minimum absolute atomic E-state index is 0.0448. The molecule has 0 radical (unpaired) electrons. The number of esters is 1. The van der Waals surface area contributed by atoms with Crippen molar-refractivity contribution in [2.24, 2.45) is 0 Å². The largest absolute Gasteiger partial charge is 0.465 e. The Morgan fingerprint density at radius 2 is 1.95 bits per heavy atom. The van der Waals surface area contributed by atoms with E-state index >= 15 is 0 Å². The molecule has 1 saturated carbocycles. The Kier molecular flexibility index (Phi) is 4.98. The molecule has 1 aromatic rings. The van der Waals surface area contributed by atoms with Gasteiger partial charge < -0.3 is 15.4 Å². The van der Waals surface area contributed by atoms with Crippen molar-refractivity contribution in [3.05, 3.63) is 29.8 Å². The average molecular weight is 276 g/mol. The Morgan fingerprint density at radius 3 is 2.65 bits per heavy atom. The van der Waals surface area contributed by atoms with E-state index in [2.05, 4.69) is 10.6 Å². The summed E-state index contributed by atoms with van der Waals surface area (Å²) in [7, 11) is 1.34. The lowest BCUT2D eigenvalue weighted by molar-refractivity contribution is -0.120. The fraction of sp³-hybridized carbons (Fsp3) is 0.467. The number of para-hydroxylation sites is 1. The molecule has 1 aliphatic rings. The molecule has 0 aromatic heterocycles. The molecule has 108 valence electrons. The van der Waals surface area contributed by atoms with E-state index in [1.54, 1.807) is 18.2 Å². The van der Waals surface area contributed by atoms with Crippen molar-refractivity contribution in [3.8, 4) is 0 Å². The van der Waals surface area contributed by atoms with Crippen molar-refractivity contribution in [1.82, 2.24) is 5.32 Å². The van der Waals surface area contributed by atoms with Crippen molar-refractivity contribution >= 4 is 17.6 Å². The first kappa shape index (κ1) is 14.4. The van der Waals surface area contributed by atoms with Gasteiger partial charge in [0, 0.05) is 11.7 Å². The van der Waals surface area contributed by atoms with Gasteiger partial charge in [0.15, 0.2) is 0 Å². The summed E-state index contributed by atoms with van der Waals surface area (Å²) >= 11 is 0. The SMILES string of the molecule is COC(=O)c1ccccc1NCC(=O)NC1CCCC1. The van der Waals surface area contributed by atoms with Gasteiger partial charge in [0.2, 0.25) is 5.91 Å². The first-order valence-electron chi connectivity index (χ1n) is 6.91. The number of hydrogen-bond donors (Lipinski definition) is 2. The second kappa shape index (κ2) is 6.93. The summed E-state index contributed by atoms with van der Waals surface area (Å²) in [4.78, 5) is 23.4. The number of amides is 1. The van der Waals surface area contributed by atoms with Crippen molar-refractivity contribution in [2.75, 3.05) is 19.0 Å². The predicted octanol–water partition coefficient (Wildman–Crippen LogP) is 1.94. The van der Waals surface area contributed by atoms with E-state index < -0.39 is 5.97 Å². The third-order valence-corrected chi connectivity index (χ3v) is 3.49. The van der Waals surface area contributed by atoms with E-state index in [0.29, 0.717) is 17.3 Å². The molecule has 5 nitrogen and oxygen atoms in total. The van der Waals surface area contributed by atoms with Gasteiger partial charge in [0.1, 0.15) is 0 Å². The third kappa shape index (κ3) is 3.73. The van der Waals surface area contributed by atoms with E-state index in [4.69, 9.17) is 4.74 Å². The molecule has 1 aliphatic carbocycles. The van der Waals surface area contributed by atoms with Crippen LogP contribution in [0.1, 0.15) is 36.0 Å². The van der Waals surface area contributed by atoms with Gasteiger partial charge in [-0.3, -0.25) is 4.79 Å². The molecule has 1 amide bonds. The van der Waals surface area contributed by atoms with Crippen LogP contribution in [0.4, 0.5) is 5.69 Å². The van der Waals surface area contributed by atoms with Crippen LogP contribution in [0.5, 0.6) is 0 Å². The van der Waals surface area contributed by atoms with Crippen LogP contribution in [0.25, 0.3) is 0 Å². The predicted molar refractivity (Wildman–Crippen MR) is 76.7 cm³/mol. The van der Waals surface area contributed by atoms with Crippen molar-refractivity contribution < 1.29 is 14.3 Å². The van der Waals surface area contributed by atoms with Crippen molar-refractivity contribution in [3.63, 3.8) is 0 Å². The molecule has 1 aromatic carbocycles. The van der Waals surface area contributed by atoms with E-state index in [1.165, 1.54) is 20.0 Å². The first-order chi connectivity index (χ1) is 9.70. The Hall–Kier alpha value is -2.04. The summed E-state index contributed by atoms with van der Waals surface area (Å²) in [5.74, 6) is -0.458. The van der Waals surface area contributed by atoms with Gasteiger partial charge >= 0.3 is 5.97 Å². The van der Waals surface area contributed by atoms with Crippen LogP contribution in [-0.2, 0) is 9.53 Å². The lowest BCUT2D eigenvalue weighted by Gasteiger charge is -2.14. The van der Waals surface area contributed by atoms with Gasteiger partial charge in [0.05, 0.1) is 19.2 Å². The van der Waals surface area contributed by atoms with Crippen LogP contribution in [-0.4, -0.2) is 31.6 Å². The number of anilines is 1. The fourth-order valence-corrected chi connectivity index (χ4v) is 2.45. The van der Waals surface area contributed by atoms with Crippen LogP contribution < -0.4 is 10.6 Å². The Morgan fingerprint density at radius 1 is 1.25 bits per heavy atom. The van der Waals surface area contributed by atoms with Gasteiger partial charge in [-0.1, -0.05) is 25.0 Å². The van der Waals surface area contributed by atoms with Crippen molar-refractivity contribution in [1.29, 1.82) is 0 Å². The zero-order valence-electron chi connectivity index (χ0n) is 11.6. The molecular formula is C15H20N2O3. The van der Waals surface area contributed by atoms with Crippen molar-refractivity contribution in [2.45, 2.75) is 31.7 Å². The number of rotatable bonds is 5. The Balaban J connectivity index is 1.89. The minimum Gasteiger partial charge on any atom is -0.465 e. The molecule has 5 heteroatoms. The number of nitrogens with one attached hydrogen (secondary N) is 2. The van der Waals surface area contributed by atoms with Gasteiger partial charge in [-0.05, 0) is 25.0 Å². The van der Waals surface area contributed by atoms with Gasteiger partial charge in [-0.25, -0.2) is 4.79 Å². The summed E-state index contributed by atoms with van der Waals surface area (Å²) in [6.07, 6.45) is 4.49. The molecule has 0 bridgehead atoms. The van der Waals surface area contributed by atoms with Gasteiger partial charge in [-0.2, -0.15) is 0 Å². The lowest BCUT2D eigenvalue weighted by atomic mass is 10.2. The molecule has 0 saturated heterocycles. The summed E-state index contributed by atoms with van der Waals surface area (Å²) in [5, 5.41) is 5.98. The fourth-order valence-electron chi connectivity index (χ4n) is 2.45. The Labute approximate surface area is 118 Å². The van der Waals surface area contributed by atoms with Gasteiger partial charge in [0.25, 0.3) is 0 Å². The van der Waals surface area contributed by atoms with Crippen LogP contribution in [0.3, 0.4) is 0 Å². The van der Waals surface area contributed by atoms with Crippen LogP contribution in [0.2, 0.25) is 0 Å². The molecule has 2 rings (SSSR count). The minimum atomic E-state index is -0.413. The zero-order chi connectivity index (χ0) is 14.4. The summed E-state index contributed by atoms with van der Waals surface area (Å²) < 4.78 is 4.71. The first-order valence-corrected chi connectivity index (χ1v) is 6.91. The van der Waals surface area contributed by atoms with Crippen LogP contribution >= 0.6 is 0 Å². The molecular weight excluding hydrogens is 256 g/mol. The summed E-state index contributed by atoms with van der Waals surface area (Å²) in [6, 6.07) is 7.30. The summed E-state index contributed by atoms with van der Waals surface area (Å²) in [5.41, 5.74) is 1.05. The van der Waals surface area contributed by atoms with E-state index in [-0.39, 0.29) is 12.5 Å². The molecule has 1 fully saturated rings. The topological polar surface area (TPSA) is 67.4 Å². The normalized spacial score (nSPS) is 14.8. The molecule has 2 N–H and O–H groups in total. The summed E-state index contributed by atoms with van der Waals surface area (Å²) in [6.45, 7) is 0.157. The molecule has 0 atom stereocenters. The number of carbonyl (C=O) groups is 2. The zero-order valence-corrected chi connectivity index (χ0v) is 11.6. The van der Waals surface area contributed by atoms with Crippen LogP contribution in [0.15, 0.2) is 24.3 Å². The Bertz CT molecular complexity index is 482. The number of carbonyl (C=O) groups excluding carboxylic acids is 2. The molecule has 0 heterocycles. The van der Waals surface area contributed by atoms with E-state index in [9.17, 15) is 9.59 Å². The highest BCUT2D eigenvalue weighted by molar-refractivity contribution is 5.96. The maximum absolute atomic E-state index is 11.8. The smallest absolute Gasteiger partial charge is 0.339 e. The monoisotopic (exact) mass is 276 g/mol. The highest BCUT2D eigenvalue weighted by Gasteiger charge is 2.17. The average Bonchev–Trinajstić information content (AvgIpc) is 2.97. The van der Waals surface area contributed by atoms with Crippen LogP contribution in [0, 0.1) is 0 Å². The highest BCUT2D eigenvalue weighted by Crippen LogP contribution is 2.18. The number of benzene rings is 1. The quantitative estimate of drug-likeness (QED) is 0.807. The molecule has 0 spiro atoms. The maximum atomic E-state index is 11.8.